The van der Waals surface area contributed by atoms with E-state index in [0.717, 1.165) is 18.2 Å². The Bertz CT molecular complexity index is 868. The zero-order chi connectivity index (χ0) is 22.7. The molecule has 0 fully saturated rings. The van der Waals surface area contributed by atoms with Gasteiger partial charge in [0.2, 0.25) is 0 Å². The topological polar surface area (TPSA) is 78.1 Å². The molecule has 0 spiro atoms. The van der Waals surface area contributed by atoms with E-state index in [1.807, 2.05) is 6.92 Å². The minimum Gasteiger partial charge on any atom is -0.399 e. The maximum Gasteiger partial charge on any atom is 0.418 e. The van der Waals surface area contributed by atoms with Crippen LogP contribution in [-0.2, 0) is 12.4 Å². The Morgan fingerprint density at radius 2 is 1.52 bits per heavy atom. The third kappa shape index (κ3) is 6.33. The van der Waals surface area contributed by atoms with Crippen LogP contribution in [0.15, 0.2) is 28.7 Å². The van der Waals surface area contributed by atoms with Gasteiger partial charge in [-0.05, 0) is 58.1 Å². The Morgan fingerprint density at radius 1 is 0.966 bits per heavy atom. The van der Waals surface area contributed by atoms with Crippen LogP contribution in [0.2, 0.25) is 5.02 Å². The van der Waals surface area contributed by atoms with Crippen LogP contribution in [0.5, 0.6) is 0 Å². The normalized spacial score (nSPS) is 12.9. The van der Waals surface area contributed by atoms with Crippen LogP contribution in [-0.4, -0.2) is 0 Å². The average Bonchev–Trinajstić information content (AvgIpc) is 2.56. The second-order valence-corrected chi connectivity index (χ2v) is 7.38. The molecule has 162 valence electrons. The summed E-state index contributed by atoms with van der Waals surface area (Å²) in [5, 5.41) is -0.410. The van der Waals surface area contributed by atoms with Gasteiger partial charge < -0.3 is 17.2 Å². The smallest absolute Gasteiger partial charge is 0.399 e. The molecule has 2 aromatic carbocycles. The molecule has 0 bridgehead atoms. The summed E-state index contributed by atoms with van der Waals surface area (Å²) in [4.78, 5) is 0. The fourth-order valence-electron chi connectivity index (χ4n) is 2.43. The Kier molecular flexibility index (Phi) is 8.12. The van der Waals surface area contributed by atoms with Crippen molar-refractivity contribution in [1.29, 1.82) is 0 Å². The van der Waals surface area contributed by atoms with Gasteiger partial charge in [-0.15, -0.1) is 0 Å². The maximum absolute atomic E-state index is 12.8. The SMILES string of the molecule is CCC(C)c1cc(N)cc(N)c1C(F)(F)F.Nc1ccc(C(F)(F)F)c(Cl)c1Br. The van der Waals surface area contributed by atoms with Crippen LogP contribution >= 0.6 is 27.5 Å². The van der Waals surface area contributed by atoms with Gasteiger partial charge >= 0.3 is 12.4 Å². The van der Waals surface area contributed by atoms with Crippen molar-refractivity contribution in [2.24, 2.45) is 0 Å². The highest BCUT2D eigenvalue weighted by molar-refractivity contribution is 9.10. The molecule has 0 aliphatic heterocycles. The predicted octanol–water partition coefficient (Wildman–Crippen LogP) is 7.09. The Morgan fingerprint density at radius 3 is 1.97 bits per heavy atom. The summed E-state index contributed by atoms with van der Waals surface area (Å²) in [6.07, 6.45) is -8.28. The van der Waals surface area contributed by atoms with E-state index in [2.05, 4.69) is 15.9 Å². The summed E-state index contributed by atoms with van der Waals surface area (Å²) in [6, 6.07) is 4.50. The first kappa shape index (κ1) is 25.2. The highest BCUT2D eigenvalue weighted by Crippen LogP contribution is 2.41. The lowest BCUT2D eigenvalue weighted by atomic mass is 9.92. The van der Waals surface area contributed by atoms with Gasteiger partial charge in [0.25, 0.3) is 0 Å². The molecule has 0 aliphatic rings. The monoisotopic (exact) mass is 505 g/mol. The molecule has 0 aromatic heterocycles. The lowest BCUT2D eigenvalue weighted by molar-refractivity contribution is -0.138. The van der Waals surface area contributed by atoms with Gasteiger partial charge in [0.1, 0.15) is 0 Å². The maximum atomic E-state index is 12.8. The van der Waals surface area contributed by atoms with Crippen LogP contribution in [0.1, 0.15) is 42.9 Å². The van der Waals surface area contributed by atoms with Gasteiger partial charge in [0, 0.05) is 17.1 Å². The van der Waals surface area contributed by atoms with Gasteiger partial charge in [0.15, 0.2) is 0 Å². The lowest BCUT2D eigenvalue weighted by Crippen LogP contribution is -2.14. The van der Waals surface area contributed by atoms with Gasteiger partial charge in [-0.2, -0.15) is 26.3 Å². The lowest BCUT2D eigenvalue weighted by Gasteiger charge is -2.19. The number of nitrogen functional groups attached to an aromatic ring is 3. The molecule has 3 nitrogen and oxygen atoms in total. The van der Waals surface area contributed by atoms with Crippen LogP contribution < -0.4 is 17.2 Å². The summed E-state index contributed by atoms with van der Waals surface area (Å²) in [5.74, 6) is -0.220. The first-order valence-electron chi connectivity index (χ1n) is 8.17. The molecule has 29 heavy (non-hydrogen) atoms. The third-order valence-corrected chi connectivity index (χ3v) is 5.54. The summed E-state index contributed by atoms with van der Waals surface area (Å²) in [5.41, 5.74) is 14.9. The summed E-state index contributed by atoms with van der Waals surface area (Å²) < 4.78 is 75.2. The first-order chi connectivity index (χ1) is 13.1. The highest BCUT2D eigenvalue weighted by atomic mass is 79.9. The molecule has 0 radical (unpaired) electrons. The summed E-state index contributed by atoms with van der Waals surface area (Å²) >= 11 is 8.30. The number of benzene rings is 2. The Balaban J connectivity index is 0.000000296. The molecule has 0 aliphatic carbocycles. The molecule has 11 heteroatoms. The van der Waals surface area contributed by atoms with Crippen molar-refractivity contribution in [3.63, 3.8) is 0 Å². The van der Waals surface area contributed by atoms with Crippen LogP contribution in [0, 0.1) is 0 Å². The van der Waals surface area contributed by atoms with Crippen LogP contribution in [0.3, 0.4) is 0 Å². The van der Waals surface area contributed by atoms with E-state index in [1.165, 1.54) is 6.07 Å². The second kappa shape index (κ2) is 9.34. The molecule has 1 atom stereocenters. The minimum absolute atomic E-state index is 0.0731. The standard InChI is InChI=1S/C11H15F3N2.C7H4BrClF3N/c1-3-6(2)8-4-7(15)5-9(16)10(8)11(12,13)14;8-5-4(13)2-1-3(6(5)9)7(10,11)12/h4-6H,3,15-16H2,1-2H3;1-2H,13H2. The average molecular weight is 507 g/mol. The fourth-order valence-corrected chi connectivity index (χ4v) is 3.06. The zero-order valence-electron chi connectivity index (χ0n) is 15.3. The van der Waals surface area contributed by atoms with Crippen molar-refractivity contribution in [2.45, 2.75) is 38.5 Å². The summed E-state index contributed by atoms with van der Waals surface area (Å²) in [6.45, 7) is 3.55. The van der Waals surface area contributed by atoms with E-state index >= 15 is 0 Å². The van der Waals surface area contributed by atoms with E-state index in [4.69, 9.17) is 28.8 Å². The van der Waals surface area contributed by atoms with E-state index in [9.17, 15) is 26.3 Å². The quantitative estimate of drug-likeness (QED) is 0.301. The Hall–Kier alpha value is -1.81. The molecule has 1 unspecified atom stereocenters. The minimum atomic E-state index is -4.45. The van der Waals surface area contributed by atoms with E-state index in [-0.39, 0.29) is 33.0 Å². The summed E-state index contributed by atoms with van der Waals surface area (Å²) in [7, 11) is 0. The number of halogens is 8. The molecular formula is C18H19BrClF6N3. The van der Waals surface area contributed by atoms with Crippen molar-refractivity contribution < 1.29 is 26.3 Å². The van der Waals surface area contributed by atoms with Crippen molar-refractivity contribution >= 4 is 44.6 Å². The van der Waals surface area contributed by atoms with Crippen LogP contribution in [0.4, 0.5) is 43.4 Å². The number of hydrogen-bond acceptors (Lipinski definition) is 3. The molecular weight excluding hydrogens is 488 g/mol. The van der Waals surface area contributed by atoms with Gasteiger partial charge in [-0.3, -0.25) is 0 Å². The molecule has 0 saturated heterocycles. The largest absolute Gasteiger partial charge is 0.418 e. The number of anilines is 3. The van der Waals surface area contributed by atoms with Crippen molar-refractivity contribution in [2.75, 3.05) is 17.2 Å². The molecule has 0 saturated carbocycles. The van der Waals surface area contributed by atoms with Crippen molar-refractivity contribution in [3.8, 4) is 0 Å². The first-order valence-corrected chi connectivity index (χ1v) is 9.35. The van der Waals surface area contributed by atoms with Crippen LogP contribution in [0.25, 0.3) is 0 Å². The van der Waals surface area contributed by atoms with Crippen molar-refractivity contribution in [3.05, 3.63) is 50.5 Å². The van der Waals surface area contributed by atoms with Gasteiger partial charge in [-0.25, -0.2) is 0 Å². The number of hydrogen-bond donors (Lipinski definition) is 3. The van der Waals surface area contributed by atoms with Gasteiger partial charge in [0.05, 0.1) is 20.6 Å². The number of rotatable bonds is 2. The molecule has 0 heterocycles. The molecule has 0 amide bonds. The van der Waals surface area contributed by atoms with E-state index in [1.54, 1.807) is 6.92 Å². The zero-order valence-corrected chi connectivity index (χ0v) is 17.7. The fraction of sp³-hybridized carbons (Fsp3) is 0.333. The molecule has 6 N–H and O–H groups in total. The third-order valence-electron chi connectivity index (χ3n) is 4.07. The second-order valence-electron chi connectivity index (χ2n) is 6.21. The number of nitrogens with two attached hydrogens (primary N) is 3. The van der Waals surface area contributed by atoms with Crippen molar-refractivity contribution in [1.82, 2.24) is 0 Å². The molecule has 2 rings (SSSR count). The Labute approximate surface area is 177 Å². The predicted molar refractivity (Wildman–Crippen MR) is 108 cm³/mol. The van der Waals surface area contributed by atoms with E-state index in [0.29, 0.717) is 6.42 Å². The molecule has 2 aromatic rings. The van der Waals surface area contributed by atoms with E-state index < -0.39 is 28.5 Å². The van der Waals surface area contributed by atoms with Gasteiger partial charge in [-0.1, -0.05) is 25.4 Å². The number of alkyl halides is 6. The highest BCUT2D eigenvalue weighted by Gasteiger charge is 2.37.